The van der Waals surface area contributed by atoms with Crippen LogP contribution in [0.3, 0.4) is 0 Å². The lowest BCUT2D eigenvalue weighted by atomic mass is 10.1. The number of ether oxygens (including phenoxy) is 2. The third kappa shape index (κ3) is 1.56. The number of nitrogens with two attached hydrogens (primary N) is 1. The number of aromatic nitrogens is 1. The Bertz CT molecular complexity index is 577. The summed E-state index contributed by atoms with van der Waals surface area (Å²) in [6, 6.07) is 5.66. The Kier molecular flexibility index (Phi) is 2.29. The fourth-order valence-corrected chi connectivity index (χ4v) is 2.48. The zero-order valence-electron chi connectivity index (χ0n) is 8.30. The lowest BCUT2D eigenvalue weighted by molar-refractivity contribution is -0.0521. The molecular formula is C10H10N2O3S. The van der Waals surface area contributed by atoms with E-state index >= 15 is 0 Å². The lowest BCUT2D eigenvalue weighted by Gasteiger charge is -2.08. The van der Waals surface area contributed by atoms with Gasteiger partial charge < -0.3 is 9.47 Å². The minimum Gasteiger partial charge on any atom is -0.337 e. The van der Waals surface area contributed by atoms with E-state index in [1.165, 1.54) is 11.5 Å². The Morgan fingerprint density at radius 1 is 1.50 bits per heavy atom. The molecular weight excluding hydrogens is 228 g/mol. The van der Waals surface area contributed by atoms with E-state index in [0.717, 1.165) is 10.3 Å². The Balaban J connectivity index is 2.04. The van der Waals surface area contributed by atoms with Gasteiger partial charge >= 0.3 is 0 Å². The number of aromatic amines is 1. The Labute approximate surface area is 94.9 Å². The van der Waals surface area contributed by atoms with E-state index in [9.17, 15) is 4.79 Å². The van der Waals surface area contributed by atoms with Crippen molar-refractivity contribution < 1.29 is 9.47 Å². The van der Waals surface area contributed by atoms with E-state index in [4.69, 9.17) is 15.2 Å². The van der Waals surface area contributed by atoms with E-state index in [2.05, 4.69) is 4.37 Å². The molecule has 0 amide bonds. The predicted octanol–water partition coefficient (Wildman–Crippen LogP) is 0.920. The molecule has 2 unspecified atom stereocenters. The van der Waals surface area contributed by atoms with Gasteiger partial charge in [0.25, 0.3) is 5.56 Å². The van der Waals surface area contributed by atoms with Gasteiger partial charge in [0.15, 0.2) is 0 Å². The van der Waals surface area contributed by atoms with Crippen molar-refractivity contribution in [3.63, 3.8) is 0 Å². The summed E-state index contributed by atoms with van der Waals surface area (Å²) in [4.78, 5) is 11.5. The van der Waals surface area contributed by atoms with Crippen molar-refractivity contribution in [3.8, 4) is 0 Å². The first-order valence-electron chi connectivity index (χ1n) is 4.88. The molecule has 0 radical (unpaired) electrons. The van der Waals surface area contributed by atoms with Crippen molar-refractivity contribution in [2.45, 2.75) is 12.5 Å². The van der Waals surface area contributed by atoms with Crippen LogP contribution in [0, 0.1) is 0 Å². The summed E-state index contributed by atoms with van der Waals surface area (Å²) in [5.41, 5.74) is 6.33. The van der Waals surface area contributed by atoms with Crippen LogP contribution in [-0.2, 0) is 9.47 Å². The second kappa shape index (κ2) is 3.67. The minimum absolute atomic E-state index is 0.0648. The molecule has 1 saturated heterocycles. The molecule has 2 aromatic rings. The number of hydrogen-bond acceptors (Lipinski definition) is 5. The smallest absolute Gasteiger partial charge is 0.265 e. The van der Waals surface area contributed by atoms with Crippen LogP contribution in [0.4, 0.5) is 0 Å². The van der Waals surface area contributed by atoms with E-state index in [1.807, 2.05) is 18.2 Å². The summed E-state index contributed by atoms with van der Waals surface area (Å²) >= 11 is 1.33. The van der Waals surface area contributed by atoms with Crippen LogP contribution in [0.25, 0.3) is 10.1 Å². The Morgan fingerprint density at radius 3 is 3.12 bits per heavy atom. The zero-order valence-corrected chi connectivity index (χ0v) is 9.12. The standard InChI is InChI=1S/C10H10N2O3S/c11-10-14-4-7(15-10)5-1-2-8-6(3-5)9(13)12-16-8/h1-3,7,10H,4,11H2,(H,12,13). The highest BCUT2D eigenvalue weighted by Crippen LogP contribution is 2.27. The van der Waals surface area contributed by atoms with Crippen molar-refractivity contribution in [1.29, 1.82) is 0 Å². The van der Waals surface area contributed by atoms with Gasteiger partial charge in [-0.05, 0) is 17.7 Å². The summed E-state index contributed by atoms with van der Waals surface area (Å²) in [6.45, 7) is 0.425. The molecule has 3 N–H and O–H groups in total. The number of benzene rings is 1. The molecule has 16 heavy (non-hydrogen) atoms. The van der Waals surface area contributed by atoms with Gasteiger partial charge in [-0.15, -0.1) is 0 Å². The monoisotopic (exact) mass is 238 g/mol. The van der Waals surface area contributed by atoms with Gasteiger partial charge in [0, 0.05) is 0 Å². The van der Waals surface area contributed by atoms with Crippen LogP contribution < -0.4 is 11.3 Å². The molecule has 84 valence electrons. The van der Waals surface area contributed by atoms with Crippen molar-refractivity contribution in [3.05, 3.63) is 34.1 Å². The highest BCUT2D eigenvalue weighted by Gasteiger charge is 2.24. The van der Waals surface area contributed by atoms with Crippen LogP contribution in [-0.4, -0.2) is 17.4 Å². The molecule has 0 bridgehead atoms. The van der Waals surface area contributed by atoms with Gasteiger partial charge in [0.1, 0.15) is 6.10 Å². The topological polar surface area (TPSA) is 77.3 Å². The minimum atomic E-state index is -0.665. The third-order valence-corrected chi connectivity index (χ3v) is 3.45. The first-order chi connectivity index (χ1) is 7.74. The predicted molar refractivity (Wildman–Crippen MR) is 60.2 cm³/mol. The van der Waals surface area contributed by atoms with Gasteiger partial charge in [-0.1, -0.05) is 17.6 Å². The van der Waals surface area contributed by atoms with Crippen LogP contribution >= 0.6 is 11.5 Å². The molecule has 0 spiro atoms. The van der Waals surface area contributed by atoms with E-state index in [1.54, 1.807) is 0 Å². The summed E-state index contributed by atoms with van der Waals surface area (Å²) in [5, 5.41) is 0.687. The second-order valence-electron chi connectivity index (χ2n) is 3.62. The molecule has 1 fully saturated rings. The molecule has 1 aromatic carbocycles. The Hall–Kier alpha value is -1.21. The summed E-state index contributed by atoms with van der Waals surface area (Å²) in [5.74, 6) is 0. The Morgan fingerprint density at radius 2 is 2.38 bits per heavy atom. The molecule has 5 nitrogen and oxygen atoms in total. The summed E-state index contributed by atoms with van der Waals surface area (Å²) < 4.78 is 14.1. The average Bonchev–Trinajstić information content (AvgIpc) is 2.86. The highest BCUT2D eigenvalue weighted by molar-refractivity contribution is 7.13. The first kappa shape index (κ1) is 9.98. The molecule has 2 atom stereocenters. The van der Waals surface area contributed by atoms with E-state index < -0.39 is 6.41 Å². The van der Waals surface area contributed by atoms with Crippen molar-refractivity contribution >= 4 is 21.6 Å². The number of hydrogen-bond donors (Lipinski definition) is 2. The molecule has 0 saturated carbocycles. The van der Waals surface area contributed by atoms with Crippen LogP contribution in [0.2, 0.25) is 0 Å². The maximum Gasteiger partial charge on any atom is 0.265 e. The number of rotatable bonds is 1. The number of nitrogens with one attached hydrogen (secondary N) is 1. The van der Waals surface area contributed by atoms with Gasteiger partial charge in [-0.25, -0.2) is 0 Å². The normalized spacial score (nSPS) is 25.3. The third-order valence-electron chi connectivity index (χ3n) is 2.58. The fraction of sp³-hybridized carbons (Fsp3) is 0.300. The van der Waals surface area contributed by atoms with Crippen LogP contribution in [0.1, 0.15) is 11.7 Å². The largest absolute Gasteiger partial charge is 0.337 e. The number of fused-ring (bicyclic) bond motifs is 1. The van der Waals surface area contributed by atoms with Crippen molar-refractivity contribution in [1.82, 2.24) is 4.37 Å². The maximum atomic E-state index is 11.5. The van der Waals surface area contributed by atoms with E-state index in [0.29, 0.717) is 12.0 Å². The first-order valence-corrected chi connectivity index (χ1v) is 5.69. The van der Waals surface area contributed by atoms with Gasteiger partial charge in [-0.2, -0.15) is 0 Å². The quantitative estimate of drug-likeness (QED) is 0.774. The average molecular weight is 238 g/mol. The molecule has 1 aliphatic heterocycles. The molecule has 3 rings (SSSR count). The molecule has 2 heterocycles. The molecule has 0 aliphatic carbocycles. The lowest BCUT2D eigenvalue weighted by Crippen LogP contribution is -2.19. The summed E-state index contributed by atoms with van der Waals surface area (Å²) in [6.07, 6.45) is -0.847. The SMILES string of the molecule is NC1OCC(c2ccc3s[nH]c(=O)c3c2)O1. The highest BCUT2D eigenvalue weighted by atomic mass is 32.1. The van der Waals surface area contributed by atoms with Crippen LogP contribution in [0.15, 0.2) is 23.0 Å². The summed E-state index contributed by atoms with van der Waals surface area (Å²) in [7, 11) is 0. The second-order valence-corrected chi connectivity index (χ2v) is 4.46. The van der Waals surface area contributed by atoms with Crippen LogP contribution in [0.5, 0.6) is 0 Å². The van der Waals surface area contributed by atoms with E-state index in [-0.39, 0.29) is 11.7 Å². The fourth-order valence-electron chi connectivity index (χ4n) is 1.77. The van der Waals surface area contributed by atoms with Crippen molar-refractivity contribution in [2.24, 2.45) is 5.73 Å². The number of H-pyrrole nitrogens is 1. The van der Waals surface area contributed by atoms with Gasteiger partial charge in [0.05, 0.1) is 16.7 Å². The van der Waals surface area contributed by atoms with Gasteiger partial charge in [-0.3, -0.25) is 14.9 Å². The zero-order chi connectivity index (χ0) is 11.1. The molecule has 6 heteroatoms. The maximum absolute atomic E-state index is 11.5. The molecule has 1 aliphatic rings. The van der Waals surface area contributed by atoms with Gasteiger partial charge in [0.2, 0.25) is 6.41 Å². The van der Waals surface area contributed by atoms with Crippen molar-refractivity contribution in [2.75, 3.05) is 6.61 Å². The molecule has 1 aromatic heterocycles.